The number of aromatic amines is 1. The Bertz CT molecular complexity index is 806. The van der Waals surface area contributed by atoms with Crippen LogP contribution < -0.4 is 0 Å². The number of para-hydroxylation sites is 1. The van der Waals surface area contributed by atoms with Crippen LogP contribution in [0.3, 0.4) is 0 Å². The van der Waals surface area contributed by atoms with Gasteiger partial charge in [0.2, 0.25) is 5.91 Å². The van der Waals surface area contributed by atoms with Gasteiger partial charge in [-0.3, -0.25) is 9.89 Å². The van der Waals surface area contributed by atoms with E-state index >= 15 is 0 Å². The summed E-state index contributed by atoms with van der Waals surface area (Å²) in [6, 6.07) is 8.10. The molecule has 2 heterocycles. The predicted octanol–water partition coefficient (Wildman–Crippen LogP) is 2.50. The zero-order valence-electron chi connectivity index (χ0n) is 13.9. The average Bonchev–Trinajstić information content (AvgIpc) is 3.24. The lowest BCUT2D eigenvalue weighted by Crippen LogP contribution is -2.26. The maximum atomic E-state index is 12.2. The number of benzene rings is 1. The Balaban J connectivity index is 1.59. The first-order valence-corrected chi connectivity index (χ1v) is 7.94. The van der Waals surface area contributed by atoms with Crippen molar-refractivity contribution in [3.63, 3.8) is 0 Å². The number of rotatable bonds is 6. The first kappa shape index (κ1) is 16.0. The van der Waals surface area contributed by atoms with Gasteiger partial charge >= 0.3 is 0 Å². The van der Waals surface area contributed by atoms with Crippen LogP contribution in [0.25, 0.3) is 5.69 Å². The highest BCUT2D eigenvalue weighted by Crippen LogP contribution is 2.14. The van der Waals surface area contributed by atoms with Gasteiger partial charge in [-0.25, -0.2) is 4.68 Å². The molecule has 1 aromatic carbocycles. The topological polar surface area (TPSA) is 66.8 Å². The van der Waals surface area contributed by atoms with Crippen LogP contribution in [0.2, 0.25) is 0 Å². The molecule has 2 aromatic heterocycles. The molecule has 3 rings (SSSR count). The number of aromatic nitrogens is 4. The van der Waals surface area contributed by atoms with Crippen LogP contribution in [0.15, 0.2) is 49.1 Å². The van der Waals surface area contributed by atoms with Gasteiger partial charge in [0, 0.05) is 38.0 Å². The maximum Gasteiger partial charge on any atom is 0.222 e. The highest BCUT2D eigenvalue weighted by Gasteiger charge is 2.11. The third kappa shape index (κ3) is 3.71. The van der Waals surface area contributed by atoms with E-state index in [1.807, 2.05) is 48.5 Å². The number of nitrogens with zero attached hydrogens (tertiary/aromatic N) is 4. The fraction of sp³-hybridized carbons (Fsp3) is 0.278. The second-order valence-electron chi connectivity index (χ2n) is 5.94. The molecule has 0 aliphatic carbocycles. The summed E-state index contributed by atoms with van der Waals surface area (Å²) in [7, 11) is 1.82. The first-order valence-electron chi connectivity index (χ1n) is 7.94. The van der Waals surface area contributed by atoms with Crippen LogP contribution in [0, 0.1) is 6.92 Å². The summed E-state index contributed by atoms with van der Waals surface area (Å²) in [6.45, 7) is 2.61. The lowest BCUT2D eigenvalue weighted by molar-refractivity contribution is -0.130. The van der Waals surface area contributed by atoms with Crippen molar-refractivity contribution in [2.45, 2.75) is 26.3 Å². The van der Waals surface area contributed by atoms with Gasteiger partial charge in [-0.2, -0.15) is 10.2 Å². The number of carbonyl (C=O) groups is 1. The van der Waals surface area contributed by atoms with Gasteiger partial charge in [0.25, 0.3) is 0 Å². The fourth-order valence-corrected chi connectivity index (χ4v) is 2.61. The van der Waals surface area contributed by atoms with E-state index in [0.29, 0.717) is 19.4 Å². The predicted molar refractivity (Wildman–Crippen MR) is 91.7 cm³/mol. The number of nitrogens with one attached hydrogen (secondary N) is 1. The second kappa shape index (κ2) is 7.12. The lowest BCUT2D eigenvalue weighted by atomic mass is 10.2. The van der Waals surface area contributed by atoms with Gasteiger partial charge in [-0.1, -0.05) is 18.2 Å². The van der Waals surface area contributed by atoms with Crippen LogP contribution in [0.1, 0.15) is 23.1 Å². The van der Waals surface area contributed by atoms with Crippen molar-refractivity contribution in [2.24, 2.45) is 0 Å². The van der Waals surface area contributed by atoms with E-state index in [-0.39, 0.29) is 5.91 Å². The van der Waals surface area contributed by atoms with E-state index in [1.54, 1.807) is 11.1 Å². The number of hydrogen-bond donors (Lipinski definition) is 1. The molecule has 0 bridgehead atoms. The minimum Gasteiger partial charge on any atom is -0.341 e. The Morgan fingerprint density at radius 1 is 1.25 bits per heavy atom. The van der Waals surface area contributed by atoms with Crippen molar-refractivity contribution in [2.75, 3.05) is 7.05 Å². The molecule has 6 heteroatoms. The molecule has 1 amide bonds. The SMILES string of the molecule is Cc1ccccc1-n1cc(CN(C)C(=O)CCc2cn[nH]c2)cn1. The van der Waals surface area contributed by atoms with Gasteiger partial charge in [0.1, 0.15) is 0 Å². The Hall–Kier alpha value is -2.89. The lowest BCUT2D eigenvalue weighted by Gasteiger charge is -2.15. The van der Waals surface area contributed by atoms with Gasteiger partial charge in [-0.05, 0) is 30.5 Å². The molecule has 0 fully saturated rings. The Morgan fingerprint density at radius 3 is 2.83 bits per heavy atom. The van der Waals surface area contributed by atoms with E-state index in [0.717, 1.165) is 22.4 Å². The largest absolute Gasteiger partial charge is 0.341 e. The summed E-state index contributed by atoms with van der Waals surface area (Å²) < 4.78 is 1.86. The van der Waals surface area contributed by atoms with Gasteiger partial charge in [0.15, 0.2) is 0 Å². The smallest absolute Gasteiger partial charge is 0.222 e. The molecule has 124 valence electrons. The number of carbonyl (C=O) groups excluding carboxylic acids is 1. The molecule has 0 saturated heterocycles. The summed E-state index contributed by atoms with van der Waals surface area (Å²) >= 11 is 0. The molecular formula is C18H21N5O. The molecule has 3 aromatic rings. The Kier molecular flexibility index (Phi) is 4.74. The standard InChI is InChI=1S/C18H21N5O/c1-14-5-3-4-6-17(14)23-13-16(11-21-23)12-22(2)18(24)8-7-15-9-19-20-10-15/h3-6,9-11,13H,7-8,12H2,1-2H3,(H,19,20). The number of H-pyrrole nitrogens is 1. The van der Waals surface area contributed by atoms with E-state index in [2.05, 4.69) is 28.3 Å². The van der Waals surface area contributed by atoms with Crippen molar-refractivity contribution in [1.82, 2.24) is 24.9 Å². The van der Waals surface area contributed by atoms with Crippen molar-refractivity contribution in [3.8, 4) is 5.69 Å². The molecule has 0 aliphatic heterocycles. The Labute approximate surface area is 141 Å². The van der Waals surface area contributed by atoms with Crippen LogP contribution >= 0.6 is 0 Å². The van der Waals surface area contributed by atoms with Gasteiger partial charge < -0.3 is 4.90 Å². The fourth-order valence-electron chi connectivity index (χ4n) is 2.61. The summed E-state index contributed by atoms with van der Waals surface area (Å²) in [4.78, 5) is 14.0. The van der Waals surface area contributed by atoms with Crippen LogP contribution in [-0.2, 0) is 17.8 Å². The van der Waals surface area contributed by atoms with Crippen molar-refractivity contribution in [3.05, 3.63) is 65.7 Å². The zero-order valence-corrected chi connectivity index (χ0v) is 13.9. The van der Waals surface area contributed by atoms with E-state index in [9.17, 15) is 4.79 Å². The third-order valence-corrected chi connectivity index (χ3v) is 4.03. The molecule has 0 radical (unpaired) electrons. The second-order valence-corrected chi connectivity index (χ2v) is 5.94. The summed E-state index contributed by atoms with van der Waals surface area (Å²) in [5.74, 6) is 0.111. The third-order valence-electron chi connectivity index (χ3n) is 4.03. The minimum absolute atomic E-state index is 0.111. The van der Waals surface area contributed by atoms with E-state index in [4.69, 9.17) is 0 Å². The highest BCUT2D eigenvalue weighted by molar-refractivity contribution is 5.76. The molecular weight excluding hydrogens is 302 g/mol. The minimum atomic E-state index is 0.111. The Morgan fingerprint density at radius 2 is 2.08 bits per heavy atom. The number of hydrogen-bond acceptors (Lipinski definition) is 3. The normalized spacial score (nSPS) is 10.8. The van der Waals surface area contributed by atoms with E-state index in [1.165, 1.54) is 0 Å². The van der Waals surface area contributed by atoms with Crippen LogP contribution in [-0.4, -0.2) is 37.8 Å². The van der Waals surface area contributed by atoms with Gasteiger partial charge in [-0.15, -0.1) is 0 Å². The quantitative estimate of drug-likeness (QED) is 0.758. The monoisotopic (exact) mass is 323 g/mol. The van der Waals surface area contributed by atoms with Crippen LogP contribution in [0.5, 0.6) is 0 Å². The van der Waals surface area contributed by atoms with Crippen LogP contribution in [0.4, 0.5) is 0 Å². The van der Waals surface area contributed by atoms with Gasteiger partial charge in [0.05, 0.1) is 18.1 Å². The average molecular weight is 323 g/mol. The molecule has 24 heavy (non-hydrogen) atoms. The summed E-state index contributed by atoms with van der Waals surface area (Å²) in [5.41, 5.74) is 4.27. The molecule has 0 spiro atoms. The number of aryl methyl sites for hydroxylation is 2. The highest BCUT2D eigenvalue weighted by atomic mass is 16.2. The maximum absolute atomic E-state index is 12.2. The molecule has 0 saturated carbocycles. The molecule has 0 atom stereocenters. The molecule has 0 aliphatic rings. The zero-order chi connectivity index (χ0) is 16.9. The van der Waals surface area contributed by atoms with Crippen molar-refractivity contribution in [1.29, 1.82) is 0 Å². The number of amides is 1. The van der Waals surface area contributed by atoms with Crippen molar-refractivity contribution < 1.29 is 4.79 Å². The van der Waals surface area contributed by atoms with E-state index < -0.39 is 0 Å². The first-order chi connectivity index (χ1) is 11.6. The molecule has 6 nitrogen and oxygen atoms in total. The summed E-state index contributed by atoms with van der Waals surface area (Å²) in [6.07, 6.45) is 8.53. The molecule has 1 N–H and O–H groups in total. The molecule has 0 unspecified atom stereocenters. The van der Waals surface area contributed by atoms with Crippen molar-refractivity contribution >= 4 is 5.91 Å². The summed E-state index contributed by atoms with van der Waals surface area (Å²) in [5, 5.41) is 11.1.